The fourth-order valence-electron chi connectivity index (χ4n) is 5.49. The lowest BCUT2D eigenvalue weighted by molar-refractivity contribution is -0.179. The number of esters is 1. The molecule has 188 valence electrons. The third kappa shape index (κ3) is 4.23. The van der Waals surface area contributed by atoms with Gasteiger partial charge in [-0.25, -0.2) is 14.2 Å². The quantitative estimate of drug-likeness (QED) is 0.347. The Bertz CT molecular complexity index is 1370. The molecule has 36 heavy (non-hydrogen) atoms. The van der Waals surface area contributed by atoms with E-state index in [2.05, 4.69) is 20.3 Å². The second-order valence-corrected chi connectivity index (χ2v) is 9.74. The Kier molecular flexibility index (Phi) is 5.70. The van der Waals surface area contributed by atoms with Crippen molar-refractivity contribution in [2.75, 3.05) is 18.5 Å². The van der Waals surface area contributed by atoms with E-state index in [1.165, 1.54) is 6.07 Å². The number of halogens is 1. The fourth-order valence-corrected chi connectivity index (χ4v) is 5.49. The zero-order valence-electron chi connectivity index (χ0n) is 19.5. The van der Waals surface area contributed by atoms with Crippen LogP contribution in [0.4, 0.5) is 10.1 Å². The van der Waals surface area contributed by atoms with Crippen molar-refractivity contribution in [1.82, 2.24) is 19.9 Å². The molecule has 0 amide bonds. The number of aliphatic hydroxyl groups is 1. The van der Waals surface area contributed by atoms with Gasteiger partial charge in [0.15, 0.2) is 0 Å². The number of pyridine rings is 3. The summed E-state index contributed by atoms with van der Waals surface area (Å²) < 4.78 is 24.8. The average Bonchev–Trinajstić information content (AvgIpc) is 2.88. The monoisotopic (exact) mass is 495 g/mol. The van der Waals surface area contributed by atoms with E-state index in [1.54, 1.807) is 12.1 Å². The highest BCUT2D eigenvalue weighted by Crippen LogP contribution is 2.42. The number of aromatic amines is 1. The molecular formula is C25H26FN5O5. The summed E-state index contributed by atoms with van der Waals surface area (Å²) in [6, 6.07) is 6.44. The first kappa shape index (κ1) is 23.0. The number of hydrogen-bond donors (Lipinski definition) is 3. The summed E-state index contributed by atoms with van der Waals surface area (Å²) in [5, 5.41) is 14.5. The van der Waals surface area contributed by atoms with Crippen molar-refractivity contribution in [3.05, 3.63) is 57.9 Å². The van der Waals surface area contributed by atoms with Crippen LogP contribution in [0.25, 0.3) is 11.0 Å². The molecule has 0 spiro atoms. The van der Waals surface area contributed by atoms with Gasteiger partial charge in [-0.05, 0) is 43.9 Å². The smallest absolute Gasteiger partial charge is 0.332 e. The Balaban J connectivity index is 1.32. The van der Waals surface area contributed by atoms with Gasteiger partial charge in [-0.2, -0.15) is 0 Å². The van der Waals surface area contributed by atoms with Crippen molar-refractivity contribution in [3.63, 3.8) is 0 Å². The number of fused-ring (bicyclic) bond motifs is 5. The molecule has 7 rings (SSSR count). The zero-order chi connectivity index (χ0) is 24.9. The number of nitrogens with one attached hydrogen (secondary N) is 2. The number of rotatable bonds is 6. The van der Waals surface area contributed by atoms with E-state index in [9.17, 15) is 19.1 Å². The number of ether oxygens (including phenoxy) is 2. The van der Waals surface area contributed by atoms with Crippen molar-refractivity contribution < 1.29 is 23.8 Å². The van der Waals surface area contributed by atoms with Crippen LogP contribution in [0.3, 0.4) is 0 Å². The molecule has 1 atom stereocenters. The molecule has 2 bridgehead atoms. The number of H-pyrrole nitrogens is 1. The largest absolute Gasteiger partial charge is 0.404 e. The number of anilines is 1. The molecule has 11 heteroatoms. The van der Waals surface area contributed by atoms with Crippen LogP contribution in [0.5, 0.6) is 5.88 Å². The van der Waals surface area contributed by atoms with E-state index in [1.807, 2.05) is 11.0 Å². The zero-order valence-corrected chi connectivity index (χ0v) is 19.5. The summed E-state index contributed by atoms with van der Waals surface area (Å²) in [6.45, 7) is 0.836. The molecule has 6 heterocycles. The maximum atomic E-state index is 13.5. The van der Waals surface area contributed by atoms with E-state index < -0.39 is 29.1 Å². The average molecular weight is 496 g/mol. The Morgan fingerprint density at radius 3 is 2.86 bits per heavy atom. The Hall–Kier alpha value is -3.41. The van der Waals surface area contributed by atoms with Crippen molar-refractivity contribution >= 4 is 22.7 Å². The minimum Gasteiger partial charge on any atom is -0.404 e. The topological polar surface area (TPSA) is 130 Å². The van der Waals surface area contributed by atoms with Gasteiger partial charge in [0, 0.05) is 30.1 Å². The number of carbonyl (C=O) groups excluding carboxylic acids is 1. The van der Waals surface area contributed by atoms with Gasteiger partial charge in [-0.3, -0.25) is 14.7 Å². The highest BCUT2D eigenvalue weighted by Gasteiger charge is 2.47. The highest BCUT2D eigenvalue weighted by atomic mass is 19.1. The van der Waals surface area contributed by atoms with Crippen LogP contribution in [0, 0.1) is 5.82 Å². The summed E-state index contributed by atoms with van der Waals surface area (Å²) in [5.74, 6) is -0.739. The molecule has 1 unspecified atom stereocenters. The molecule has 1 aliphatic carbocycles. The number of hydrogen-bond acceptors (Lipinski definition) is 9. The van der Waals surface area contributed by atoms with Crippen molar-refractivity contribution in [2.24, 2.45) is 0 Å². The molecule has 2 saturated heterocycles. The SMILES string of the molecule is O=C1CNc2ccc(CN(C(O)Cc3cc4ncc(F)cc4[nH]c3=O)C34CCC(CC3)OC4)nc2O1. The third-order valence-corrected chi connectivity index (χ3v) is 7.44. The van der Waals surface area contributed by atoms with E-state index >= 15 is 0 Å². The Morgan fingerprint density at radius 1 is 1.25 bits per heavy atom. The molecule has 3 aromatic rings. The van der Waals surface area contributed by atoms with Crippen LogP contribution < -0.4 is 15.6 Å². The second-order valence-electron chi connectivity index (χ2n) is 9.74. The van der Waals surface area contributed by atoms with Gasteiger partial charge in [0.25, 0.3) is 5.56 Å². The van der Waals surface area contributed by atoms with Crippen LogP contribution in [-0.2, 0) is 22.5 Å². The Labute approximate surface area is 205 Å². The molecule has 4 aliphatic rings. The minimum absolute atomic E-state index is 0.0387. The summed E-state index contributed by atoms with van der Waals surface area (Å²) in [7, 11) is 0. The molecule has 3 aliphatic heterocycles. The van der Waals surface area contributed by atoms with E-state index in [4.69, 9.17) is 9.47 Å². The number of aromatic nitrogens is 3. The first-order valence-corrected chi connectivity index (χ1v) is 12.1. The molecule has 3 fully saturated rings. The number of nitrogens with zero attached hydrogens (tertiary/aromatic N) is 3. The van der Waals surface area contributed by atoms with Crippen LogP contribution in [-0.4, -0.2) is 62.0 Å². The van der Waals surface area contributed by atoms with Gasteiger partial charge >= 0.3 is 5.97 Å². The first-order chi connectivity index (χ1) is 17.4. The highest BCUT2D eigenvalue weighted by molar-refractivity contribution is 5.82. The number of carbonyl (C=O) groups is 1. The second kappa shape index (κ2) is 8.91. The van der Waals surface area contributed by atoms with E-state index in [0.29, 0.717) is 34.6 Å². The van der Waals surface area contributed by atoms with Gasteiger partial charge < -0.3 is 24.9 Å². The lowest BCUT2D eigenvalue weighted by atomic mass is 9.76. The molecular weight excluding hydrogens is 469 g/mol. The normalized spacial score (nSPS) is 23.9. The van der Waals surface area contributed by atoms with Crippen LogP contribution in [0.15, 0.2) is 35.3 Å². The van der Waals surface area contributed by atoms with Gasteiger partial charge in [-0.15, -0.1) is 0 Å². The van der Waals surface area contributed by atoms with E-state index in [-0.39, 0.29) is 31.5 Å². The minimum atomic E-state index is -1.03. The van der Waals surface area contributed by atoms with Crippen molar-refractivity contribution in [1.29, 1.82) is 0 Å². The summed E-state index contributed by atoms with van der Waals surface area (Å²) >= 11 is 0. The summed E-state index contributed by atoms with van der Waals surface area (Å²) in [5.41, 5.74) is 1.53. The maximum absolute atomic E-state index is 13.5. The maximum Gasteiger partial charge on any atom is 0.332 e. The molecule has 1 saturated carbocycles. The van der Waals surface area contributed by atoms with Gasteiger partial charge in [0.2, 0.25) is 5.88 Å². The van der Waals surface area contributed by atoms with Crippen molar-refractivity contribution in [2.45, 2.75) is 56.5 Å². The molecule has 3 aromatic heterocycles. The Morgan fingerprint density at radius 2 is 2.08 bits per heavy atom. The predicted octanol–water partition coefficient (Wildman–Crippen LogP) is 1.86. The molecule has 0 radical (unpaired) electrons. The molecule has 10 nitrogen and oxygen atoms in total. The van der Waals surface area contributed by atoms with Crippen LogP contribution in [0.1, 0.15) is 36.9 Å². The predicted molar refractivity (Wildman–Crippen MR) is 127 cm³/mol. The lowest BCUT2D eigenvalue weighted by Gasteiger charge is -2.53. The van der Waals surface area contributed by atoms with Crippen LogP contribution >= 0.6 is 0 Å². The lowest BCUT2D eigenvalue weighted by Crippen LogP contribution is -2.62. The van der Waals surface area contributed by atoms with Gasteiger partial charge in [-0.1, -0.05) is 0 Å². The molecule has 3 N–H and O–H groups in total. The number of aliphatic hydroxyl groups excluding tert-OH is 1. The third-order valence-electron chi connectivity index (χ3n) is 7.44. The molecule has 0 aromatic carbocycles. The van der Waals surface area contributed by atoms with Gasteiger partial charge in [0.1, 0.15) is 18.6 Å². The summed E-state index contributed by atoms with van der Waals surface area (Å²) in [6.07, 6.45) is 3.84. The summed E-state index contributed by atoms with van der Waals surface area (Å²) in [4.78, 5) is 37.7. The van der Waals surface area contributed by atoms with E-state index in [0.717, 1.165) is 31.9 Å². The van der Waals surface area contributed by atoms with Crippen molar-refractivity contribution in [3.8, 4) is 5.88 Å². The standard InChI is InChI=1S/C25H26FN5O5/c26-15-9-20-19(27-10-15)7-14(23(34)30-20)8-21(32)31(25-5-3-17(4-6-25)35-13-25)12-16-1-2-18-24(29-16)36-22(33)11-28-18/h1-2,7,9-10,17,21,28,32H,3-6,8,11-13H2,(H,30,34). The van der Waals surface area contributed by atoms with Crippen LogP contribution in [0.2, 0.25) is 0 Å². The first-order valence-electron chi connectivity index (χ1n) is 12.1. The fraction of sp³-hybridized carbons (Fsp3) is 0.440. The van der Waals surface area contributed by atoms with Gasteiger partial charge in [0.05, 0.1) is 41.3 Å².